The second kappa shape index (κ2) is 5.75. The van der Waals surface area contributed by atoms with Gasteiger partial charge in [0.25, 0.3) is 0 Å². The van der Waals surface area contributed by atoms with Crippen LogP contribution in [0.1, 0.15) is 32.1 Å². The smallest absolute Gasteiger partial charge is 0.240 e. The maximum Gasteiger partial charge on any atom is 0.240 e. The number of nitrogen functional groups attached to an aromatic ring is 1. The Kier molecular flexibility index (Phi) is 4.07. The number of nitrogens with zero attached hydrogens (tertiary/aromatic N) is 1. The van der Waals surface area contributed by atoms with Gasteiger partial charge in [-0.25, -0.2) is 0 Å². The number of aromatic nitrogens is 1. The molecule has 4 nitrogen and oxygen atoms in total. The standard InChI is InChI=1S/C13H20N2O2/c1-16-13-11(14)7-8-12(15-13)17-9-10-5-3-2-4-6-10/h7-8,10H,2-6,9,14H2,1H3. The molecule has 0 amide bonds. The first-order valence-electron chi connectivity index (χ1n) is 6.23. The van der Waals surface area contributed by atoms with Crippen LogP contribution in [-0.4, -0.2) is 18.7 Å². The summed E-state index contributed by atoms with van der Waals surface area (Å²) < 4.78 is 10.8. The summed E-state index contributed by atoms with van der Waals surface area (Å²) in [6.07, 6.45) is 6.56. The van der Waals surface area contributed by atoms with Crippen LogP contribution in [0, 0.1) is 5.92 Å². The number of anilines is 1. The van der Waals surface area contributed by atoms with Crippen LogP contribution in [0.15, 0.2) is 12.1 Å². The zero-order chi connectivity index (χ0) is 12.1. The molecule has 0 unspecified atom stereocenters. The lowest BCUT2D eigenvalue weighted by Crippen LogP contribution is -2.15. The van der Waals surface area contributed by atoms with E-state index in [0.717, 1.165) is 6.61 Å². The van der Waals surface area contributed by atoms with Crippen LogP contribution in [0.5, 0.6) is 11.8 Å². The maximum absolute atomic E-state index is 5.70. The highest BCUT2D eigenvalue weighted by Crippen LogP contribution is 2.26. The summed E-state index contributed by atoms with van der Waals surface area (Å²) in [5, 5.41) is 0. The molecule has 0 saturated heterocycles. The first kappa shape index (κ1) is 12.0. The van der Waals surface area contributed by atoms with E-state index < -0.39 is 0 Å². The molecular formula is C13H20N2O2. The summed E-state index contributed by atoms with van der Waals surface area (Å²) >= 11 is 0. The van der Waals surface area contributed by atoms with Crippen molar-refractivity contribution in [3.8, 4) is 11.8 Å². The van der Waals surface area contributed by atoms with Crippen molar-refractivity contribution in [3.05, 3.63) is 12.1 Å². The van der Waals surface area contributed by atoms with Crippen molar-refractivity contribution in [2.75, 3.05) is 19.5 Å². The number of ether oxygens (including phenoxy) is 2. The van der Waals surface area contributed by atoms with Crippen LogP contribution < -0.4 is 15.2 Å². The zero-order valence-corrected chi connectivity index (χ0v) is 10.3. The molecule has 94 valence electrons. The average Bonchev–Trinajstić information content (AvgIpc) is 2.39. The van der Waals surface area contributed by atoms with Gasteiger partial charge in [0.1, 0.15) is 0 Å². The minimum Gasteiger partial charge on any atom is -0.479 e. The molecule has 0 spiro atoms. The van der Waals surface area contributed by atoms with Crippen molar-refractivity contribution in [2.45, 2.75) is 32.1 Å². The molecule has 4 heteroatoms. The second-order valence-electron chi connectivity index (χ2n) is 4.56. The van der Waals surface area contributed by atoms with E-state index in [-0.39, 0.29) is 0 Å². The molecule has 1 saturated carbocycles. The first-order valence-corrected chi connectivity index (χ1v) is 6.23. The lowest BCUT2D eigenvalue weighted by Gasteiger charge is -2.21. The van der Waals surface area contributed by atoms with E-state index in [9.17, 15) is 0 Å². The topological polar surface area (TPSA) is 57.4 Å². The number of nitrogens with two attached hydrogens (primary N) is 1. The van der Waals surface area contributed by atoms with Gasteiger partial charge in [0.15, 0.2) is 0 Å². The Balaban J connectivity index is 1.89. The van der Waals surface area contributed by atoms with Gasteiger partial charge < -0.3 is 15.2 Å². The predicted octanol–water partition coefficient (Wildman–Crippen LogP) is 2.63. The van der Waals surface area contributed by atoms with Crippen molar-refractivity contribution in [3.63, 3.8) is 0 Å². The van der Waals surface area contributed by atoms with E-state index >= 15 is 0 Å². The van der Waals surface area contributed by atoms with E-state index in [1.165, 1.54) is 32.1 Å². The highest BCUT2D eigenvalue weighted by atomic mass is 16.5. The molecular weight excluding hydrogens is 216 g/mol. The van der Waals surface area contributed by atoms with Crippen molar-refractivity contribution in [1.29, 1.82) is 0 Å². The normalized spacial score (nSPS) is 16.8. The quantitative estimate of drug-likeness (QED) is 0.873. The Morgan fingerprint density at radius 2 is 2.06 bits per heavy atom. The maximum atomic E-state index is 5.70. The average molecular weight is 236 g/mol. The van der Waals surface area contributed by atoms with Gasteiger partial charge in [0.05, 0.1) is 19.4 Å². The van der Waals surface area contributed by atoms with Gasteiger partial charge in [-0.3, -0.25) is 0 Å². The zero-order valence-electron chi connectivity index (χ0n) is 10.3. The fourth-order valence-corrected chi connectivity index (χ4v) is 2.24. The van der Waals surface area contributed by atoms with Gasteiger partial charge in [0, 0.05) is 6.07 Å². The summed E-state index contributed by atoms with van der Waals surface area (Å²) in [7, 11) is 1.56. The summed E-state index contributed by atoms with van der Waals surface area (Å²) in [6.45, 7) is 0.750. The van der Waals surface area contributed by atoms with Gasteiger partial charge in [-0.2, -0.15) is 4.98 Å². The van der Waals surface area contributed by atoms with Gasteiger partial charge in [-0.1, -0.05) is 19.3 Å². The Morgan fingerprint density at radius 3 is 2.76 bits per heavy atom. The minimum atomic E-state index is 0.436. The van der Waals surface area contributed by atoms with Crippen molar-refractivity contribution >= 4 is 5.69 Å². The lowest BCUT2D eigenvalue weighted by molar-refractivity contribution is 0.201. The molecule has 1 aromatic rings. The minimum absolute atomic E-state index is 0.436. The highest BCUT2D eigenvalue weighted by Gasteiger charge is 2.14. The molecule has 17 heavy (non-hydrogen) atoms. The summed E-state index contributed by atoms with van der Waals surface area (Å²) in [6, 6.07) is 3.56. The molecule has 0 atom stereocenters. The Hall–Kier alpha value is -1.45. The van der Waals surface area contributed by atoms with E-state index in [1.54, 1.807) is 19.2 Å². The number of hydrogen-bond donors (Lipinski definition) is 1. The molecule has 1 heterocycles. The molecule has 0 radical (unpaired) electrons. The summed E-state index contributed by atoms with van der Waals surface area (Å²) in [5.41, 5.74) is 6.24. The molecule has 2 N–H and O–H groups in total. The Labute approximate surface area is 102 Å². The molecule has 0 aliphatic heterocycles. The molecule has 2 rings (SSSR count). The van der Waals surface area contributed by atoms with E-state index in [1.807, 2.05) is 0 Å². The third-order valence-corrected chi connectivity index (χ3v) is 3.25. The van der Waals surface area contributed by atoms with Crippen molar-refractivity contribution in [2.24, 2.45) is 5.92 Å². The van der Waals surface area contributed by atoms with Gasteiger partial charge in [0.2, 0.25) is 11.8 Å². The Bertz CT molecular complexity index is 362. The first-order chi connectivity index (χ1) is 8.29. The highest BCUT2D eigenvalue weighted by molar-refractivity contribution is 5.49. The molecule has 0 bridgehead atoms. The van der Waals surface area contributed by atoms with E-state index in [0.29, 0.717) is 23.4 Å². The van der Waals surface area contributed by atoms with Gasteiger partial charge >= 0.3 is 0 Å². The van der Waals surface area contributed by atoms with Crippen molar-refractivity contribution in [1.82, 2.24) is 4.98 Å². The third kappa shape index (κ3) is 3.25. The Morgan fingerprint density at radius 1 is 1.29 bits per heavy atom. The van der Waals surface area contributed by atoms with Crippen LogP contribution in [0.4, 0.5) is 5.69 Å². The number of pyridine rings is 1. The summed E-state index contributed by atoms with van der Waals surface area (Å²) in [4.78, 5) is 4.21. The van der Waals surface area contributed by atoms with Crippen LogP contribution in [0.25, 0.3) is 0 Å². The SMILES string of the molecule is COc1nc(OCC2CCCCC2)ccc1N. The lowest BCUT2D eigenvalue weighted by atomic mass is 9.90. The van der Waals surface area contributed by atoms with E-state index in [2.05, 4.69) is 4.98 Å². The predicted molar refractivity (Wildman–Crippen MR) is 67.3 cm³/mol. The van der Waals surface area contributed by atoms with E-state index in [4.69, 9.17) is 15.2 Å². The second-order valence-corrected chi connectivity index (χ2v) is 4.56. The van der Waals surface area contributed by atoms with Crippen LogP contribution in [0.2, 0.25) is 0 Å². The summed E-state index contributed by atoms with van der Waals surface area (Å²) in [5.74, 6) is 1.71. The third-order valence-electron chi connectivity index (χ3n) is 3.25. The largest absolute Gasteiger partial charge is 0.479 e. The van der Waals surface area contributed by atoms with Gasteiger partial charge in [-0.05, 0) is 24.8 Å². The number of methoxy groups -OCH3 is 1. The van der Waals surface area contributed by atoms with Crippen LogP contribution in [-0.2, 0) is 0 Å². The monoisotopic (exact) mass is 236 g/mol. The number of hydrogen-bond acceptors (Lipinski definition) is 4. The number of rotatable bonds is 4. The molecule has 0 aromatic carbocycles. The fraction of sp³-hybridized carbons (Fsp3) is 0.615. The molecule has 1 aliphatic rings. The van der Waals surface area contributed by atoms with Gasteiger partial charge in [-0.15, -0.1) is 0 Å². The van der Waals surface area contributed by atoms with Crippen LogP contribution >= 0.6 is 0 Å². The van der Waals surface area contributed by atoms with Crippen LogP contribution in [0.3, 0.4) is 0 Å². The molecule has 1 aromatic heterocycles. The molecule has 1 aliphatic carbocycles. The fourth-order valence-electron chi connectivity index (χ4n) is 2.24. The molecule has 1 fully saturated rings. The van der Waals surface area contributed by atoms with Crippen molar-refractivity contribution < 1.29 is 9.47 Å².